The number of hydrogen-bond acceptors (Lipinski definition) is 2. The summed E-state index contributed by atoms with van der Waals surface area (Å²) >= 11 is 7.67. The average Bonchev–Trinajstić information content (AvgIpc) is 2.54. The molecule has 0 heterocycles. The number of benzene rings is 2. The maximum absolute atomic E-state index is 11.8. The Morgan fingerprint density at radius 3 is 2.55 bits per heavy atom. The second-order valence-corrected chi connectivity index (χ2v) is 6.42. The van der Waals surface area contributed by atoms with E-state index in [4.69, 9.17) is 11.6 Å². The molecule has 0 aliphatic carbocycles. The van der Waals surface area contributed by atoms with Gasteiger partial charge in [0.25, 0.3) is 0 Å². The van der Waals surface area contributed by atoms with Crippen LogP contribution in [0, 0.1) is 0 Å². The summed E-state index contributed by atoms with van der Waals surface area (Å²) in [5, 5.41) is 3.72. The van der Waals surface area contributed by atoms with Crippen molar-refractivity contribution in [3.8, 4) is 0 Å². The van der Waals surface area contributed by atoms with Crippen molar-refractivity contribution in [2.24, 2.45) is 0 Å². The largest absolute Gasteiger partial charge is 0.355 e. The molecule has 2 aromatic rings. The standard InChI is InChI=1S/C18H20ClNOS/c19-17-11-5-4-10-16(17)13-22-14-18(21)20-12-6-9-15-7-2-1-3-8-15/h1-5,7-8,10-11H,6,9,12-14H2,(H,20,21). The predicted molar refractivity (Wildman–Crippen MR) is 95.4 cm³/mol. The fourth-order valence-corrected chi connectivity index (χ4v) is 3.23. The van der Waals surface area contributed by atoms with Crippen LogP contribution in [0.4, 0.5) is 0 Å². The molecule has 0 saturated heterocycles. The molecule has 4 heteroatoms. The van der Waals surface area contributed by atoms with Crippen molar-refractivity contribution in [3.63, 3.8) is 0 Å². The molecular formula is C18H20ClNOS. The fraction of sp³-hybridized carbons (Fsp3) is 0.278. The number of aryl methyl sites for hydroxylation is 1. The van der Waals surface area contributed by atoms with Crippen LogP contribution >= 0.6 is 23.4 Å². The SMILES string of the molecule is O=C(CSCc1ccccc1Cl)NCCCc1ccccc1. The highest BCUT2D eigenvalue weighted by molar-refractivity contribution is 7.99. The van der Waals surface area contributed by atoms with Gasteiger partial charge in [0.1, 0.15) is 0 Å². The highest BCUT2D eigenvalue weighted by Gasteiger charge is 2.03. The van der Waals surface area contributed by atoms with E-state index >= 15 is 0 Å². The monoisotopic (exact) mass is 333 g/mol. The Kier molecular flexibility index (Phi) is 7.34. The lowest BCUT2D eigenvalue weighted by Gasteiger charge is -2.06. The Labute approximate surface area is 141 Å². The van der Waals surface area contributed by atoms with Crippen LogP contribution in [0.5, 0.6) is 0 Å². The number of thioether (sulfide) groups is 1. The summed E-state index contributed by atoms with van der Waals surface area (Å²) in [6.45, 7) is 0.723. The van der Waals surface area contributed by atoms with Crippen molar-refractivity contribution in [3.05, 3.63) is 70.7 Å². The number of amides is 1. The van der Waals surface area contributed by atoms with Crippen molar-refractivity contribution >= 4 is 29.3 Å². The summed E-state index contributed by atoms with van der Waals surface area (Å²) in [5.74, 6) is 1.32. The fourth-order valence-electron chi connectivity index (χ4n) is 2.09. The number of hydrogen-bond donors (Lipinski definition) is 1. The van der Waals surface area contributed by atoms with Gasteiger partial charge in [0.05, 0.1) is 5.75 Å². The highest BCUT2D eigenvalue weighted by Crippen LogP contribution is 2.20. The Morgan fingerprint density at radius 2 is 1.77 bits per heavy atom. The predicted octanol–water partition coefficient (Wildman–Crippen LogP) is 4.32. The minimum atomic E-state index is 0.0881. The van der Waals surface area contributed by atoms with E-state index in [0.29, 0.717) is 5.75 Å². The van der Waals surface area contributed by atoms with Crippen molar-refractivity contribution in [2.75, 3.05) is 12.3 Å². The van der Waals surface area contributed by atoms with Gasteiger partial charge in [-0.1, -0.05) is 60.1 Å². The van der Waals surface area contributed by atoms with E-state index in [1.165, 1.54) is 5.56 Å². The third-order valence-electron chi connectivity index (χ3n) is 3.26. The van der Waals surface area contributed by atoms with Crippen molar-refractivity contribution < 1.29 is 4.79 Å². The summed E-state index contributed by atoms with van der Waals surface area (Å²) in [5.41, 5.74) is 2.39. The first kappa shape index (κ1) is 16.9. The highest BCUT2D eigenvalue weighted by atomic mass is 35.5. The average molecular weight is 334 g/mol. The zero-order chi connectivity index (χ0) is 15.6. The normalized spacial score (nSPS) is 10.4. The minimum absolute atomic E-state index is 0.0881. The van der Waals surface area contributed by atoms with Crippen LogP contribution < -0.4 is 5.32 Å². The lowest BCUT2D eigenvalue weighted by molar-refractivity contribution is -0.118. The van der Waals surface area contributed by atoms with Gasteiger partial charge in [0, 0.05) is 17.3 Å². The molecule has 0 aromatic heterocycles. The van der Waals surface area contributed by atoms with Crippen LogP contribution in [0.25, 0.3) is 0 Å². The van der Waals surface area contributed by atoms with Gasteiger partial charge in [-0.05, 0) is 30.0 Å². The Morgan fingerprint density at radius 1 is 1.05 bits per heavy atom. The molecule has 2 nitrogen and oxygen atoms in total. The number of carbonyl (C=O) groups excluding carboxylic acids is 1. The minimum Gasteiger partial charge on any atom is -0.355 e. The molecule has 1 amide bonds. The van der Waals surface area contributed by atoms with E-state index in [1.807, 2.05) is 42.5 Å². The molecule has 116 valence electrons. The third kappa shape index (κ3) is 6.12. The van der Waals surface area contributed by atoms with E-state index < -0.39 is 0 Å². The van der Waals surface area contributed by atoms with Crippen LogP contribution in [0.3, 0.4) is 0 Å². The van der Waals surface area contributed by atoms with Gasteiger partial charge in [0.2, 0.25) is 5.91 Å². The molecule has 2 rings (SSSR count). The lowest BCUT2D eigenvalue weighted by atomic mass is 10.1. The van der Waals surface area contributed by atoms with Gasteiger partial charge >= 0.3 is 0 Å². The summed E-state index contributed by atoms with van der Waals surface area (Å²) in [6.07, 6.45) is 1.96. The van der Waals surface area contributed by atoms with Gasteiger partial charge in [-0.2, -0.15) is 0 Å². The molecule has 0 fully saturated rings. The number of carbonyl (C=O) groups is 1. The maximum atomic E-state index is 11.8. The number of rotatable bonds is 8. The zero-order valence-electron chi connectivity index (χ0n) is 12.4. The van der Waals surface area contributed by atoms with E-state index in [9.17, 15) is 4.79 Å². The van der Waals surface area contributed by atoms with Crippen LogP contribution in [0.15, 0.2) is 54.6 Å². The first-order valence-electron chi connectivity index (χ1n) is 7.37. The molecule has 0 aliphatic rings. The van der Waals surface area contributed by atoms with Gasteiger partial charge in [-0.3, -0.25) is 4.79 Å². The first-order chi connectivity index (χ1) is 10.8. The Balaban J connectivity index is 1.57. The molecule has 0 bridgehead atoms. The molecule has 0 atom stereocenters. The van der Waals surface area contributed by atoms with Crippen LogP contribution in [0.2, 0.25) is 5.02 Å². The third-order valence-corrected chi connectivity index (χ3v) is 4.61. The summed E-state index contributed by atoms with van der Waals surface area (Å²) < 4.78 is 0. The molecule has 0 unspecified atom stereocenters. The summed E-state index contributed by atoms with van der Waals surface area (Å²) in [4.78, 5) is 11.8. The molecular weight excluding hydrogens is 314 g/mol. The lowest BCUT2D eigenvalue weighted by Crippen LogP contribution is -2.26. The smallest absolute Gasteiger partial charge is 0.230 e. The van der Waals surface area contributed by atoms with Crippen LogP contribution in [-0.4, -0.2) is 18.2 Å². The molecule has 0 spiro atoms. The number of nitrogens with one attached hydrogen (secondary N) is 1. The molecule has 2 aromatic carbocycles. The number of halogens is 1. The second kappa shape index (κ2) is 9.54. The van der Waals surface area contributed by atoms with Crippen molar-refractivity contribution in [2.45, 2.75) is 18.6 Å². The van der Waals surface area contributed by atoms with Crippen LogP contribution in [0.1, 0.15) is 17.5 Å². The van der Waals surface area contributed by atoms with Gasteiger partial charge in [-0.25, -0.2) is 0 Å². The molecule has 0 radical (unpaired) electrons. The van der Waals surface area contributed by atoms with Crippen molar-refractivity contribution in [1.29, 1.82) is 0 Å². The molecule has 1 N–H and O–H groups in total. The topological polar surface area (TPSA) is 29.1 Å². The quantitative estimate of drug-likeness (QED) is 0.729. The summed E-state index contributed by atoms with van der Waals surface area (Å²) in [6, 6.07) is 18.1. The molecule has 22 heavy (non-hydrogen) atoms. The molecule has 0 aliphatic heterocycles. The van der Waals surface area contributed by atoms with E-state index in [2.05, 4.69) is 17.4 Å². The van der Waals surface area contributed by atoms with Gasteiger partial charge in [-0.15, -0.1) is 11.8 Å². The van der Waals surface area contributed by atoms with E-state index in [1.54, 1.807) is 11.8 Å². The van der Waals surface area contributed by atoms with Crippen molar-refractivity contribution in [1.82, 2.24) is 5.32 Å². The second-order valence-electron chi connectivity index (χ2n) is 5.02. The zero-order valence-corrected chi connectivity index (χ0v) is 14.0. The Bertz CT molecular complexity index is 589. The van der Waals surface area contributed by atoms with Gasteiger partial charge in [0.15, 0.2) is 0 Å². The van der Waals surface area contributed by atoms with Crippen LogP contribution in [-0.2, 0) is 17.0 Å². The maximum Gasteiger partial charge on any atom is 0.230 e. The van der Waals surface area contributed by atoms with E-state index in [0.717, 1.165) is 35.7 Å². The Hall–Kier alpha value is -1.45. The molecule has 0 saturated carbocycles. The first-order valence-corrected chi connectivity index (χ1v) is 8.91. The van der Waals surface area contributed by atoms with Gasteiger partial charge < -0.3 is 5.32 Å². The summed E-state index contributed by atoms with van der Waals surface area (Å²) in [7, 11) is 0. The van der Waals surface area contributed by atoms with E-state index in [-0.39, 0.29) is 5.91 Å².